The van der Waals surface area contributed by atoms with E-state index in [2.05, 4.69) is 28.3 Å². The first-order chi connectivity index (χ1) is 18.2. The molecule has 1 aliphatic heterocycles. The van der Waals surface area contributed by atoms with Gasteiger partial charge in [-0.15, -0.1) is 11.3 Å². The molecule has 1 aliphatic rings. The molecule has 3 aromatic rings. The van der Waals surface area contributed by atoms with Gasteiger partial charge in [0.05, 0.1) is 6.04 Å². The minimum absolute atomic E-state index is 0.0502. The van der Waals surface area contributed by atoms with E-state index in [0.717, 1.165) is 16.0 Å². The van der Waals surface area contributed by atoms with E-state index in [4.69, 9.17) is 4.74 Å². The molecule has 4 rings (SSSR count). The van der Waals surface area contributed by atoms with Crippen molar-refractivity contribution in [3.05, 3.63) is 82.7 Å². The van der Waals surface area contributed by atoms with Gasteiger partial charge in [0, 0.05) is 31.0 Å². The predicted molar refractivity (Wildman–Crippen MR) is 144 cm³/mol. The highest BCUT2D eigenvalue weighted by Crippen LogP contribution is 2.27. The highest BCUT2D eigenvalue weighted by molar-refractivity contribution is 7.13. The second-order valence-corrected chi connectivity index (χ2v) is 10.2. The molecule has 0 radical (unpaired) electrons. The Morgan fingerprint density at radius 2 is 1.76 bits per heavy atom. The van der Waals surface area contributed by atoms with Crippen molar-refractivity contribution in [3.63, 3.8) is 0 Å². The summed E-state index contributed by atoms with van der Waals surface area (Å²) in [7, 11) is 3.15. The Hall–Kier alpha value is -4.02. The average Bonchev–Trinajstić information content (AvgIpc) is 3.53. The quantitative estimate of drug-likeness (QED) is 0.288. The number of carbonyl (C=O) groups excluding carboxylic acids is 4. The molecule has 0 saturated carbocycles. The van der Waals surface area contributed by atoms with Gasteiger partial charge in [-0.05, 0) is 53.6 Å². The first kappa shape index (κ1) is 27.0. The van der Waals surface area contributed by atoms with Crippen molar-refractivity contribution >= 4 is 35.0 Å². The molecular weight excluding hydrogens is 504 g/mol. The summed E-state index contributed by atoms with van der Waals surface area (Å²) in [4.78, 5) is 51.9. The van der Waals surface area contributed by atoms with E-state index in [0.29, 0.717) is 17.5 Å². The van der Waals surface area contributed by atoms with E-state index in [-0.39, 0.29) is 24.3 Å². The summed E-state index contributed by atoms with van der Waals surface area (Å²) >= 11 is 1.66. The van der Waals surface area contributed by atoms with Gasteiger partial charge in [-0.25, -0.2) is 0 Å². The van der Waals surface area contributed by atoms with Gasteiger partial charge in [-0.3, -0.25) is 30.0 Å². The number of nitrogens with zero attached hydrogens (tertiary/aromatic N) is 1. The van der Waals surface area contributed by atoms with Gasteiger partial charge >= 0.3 is 0 Å². The van der Waals surface area contributed by atoms with E-state index >= 15 is 0 Å². The number of hydrogen-bond acceptors (Lipinski definition) is 6. The molecule has 2 aromatic carbocycles. The maximum Gasteiger partial charge on any atom is 0.270 e. The van der Waals surface area contributed by atoms with E-state index in [1.807, 2.05) is 42.6 Å². The Kier molecular flexibility index (Phi) is 8.55. The third-order valence-corrected chi connectivity index (χ3v) is 7.10. The van der Waals surface area contributed by atoms with Crippen LogP contribution in [-0.4, -0.2) is 54.8 Å². The van der Waals surface area contributed by atoms with Crippen LogP contribution in [0.3, 0.4) is 0 Å². The molecule has 0 aliphatic carbocycles. The van der Waals surface area contributed by atoms with Gasteiger partial charge in [0.15, 0.2) is 12.2 Å². The standard InChI is InChI=1S/C28H30N4O5S/c1-17(19-9-6-10-20(16-19)22-12-7-15-38-22)29-26(34)21-11-5-4-8-18(21)13-14-23(33)30-31-27(35)24-25(37-24)28(36)32(2)3/h4-12,15-17,24-25H,13-14H2,1-3H3,(H,29,34)(H,30,33)(H,31,35)/t17-,24-,25-/m1/s1. The second kappa shape index (κ2) is 12.0. The van der Waals surface area contributed by atoms with Gasteiger partial charge in [0.1, 0.15) is 0 Å². The minimum Gasteiger partial charge on any atom is -0.349 e. The third kappa shape index (κ3) is 6.64. The number of epoxide rings is 1. The van der Waals surface area contributed by atoms with Crippen LogP contribution in [0.25, 0.3) is 10.4 Å². The topological polar surface area (TPSA) is 120 Å². The first-order valence-electron chi connectivity index (χ1n) is 12.2. The molecule has 4 amide bonds. The zero-order valence-electron chi connectivity index (χ0n) is 21.4. The van der Waals surface area contributed by atoms with Crippen molar-refractivity contribution in [3.8, 4) is 10.4 Å². The van der Waals surface area contributed by atoms with Crippen LogP contribution >= 0.6 is 11.3 Å². The molecule has 198 valence electrons. The molecule has 1 fully saturated rings. The highest BCUT2D eigenvalue weighted by Gasteiger charge is 2.51. The van der Waals surface area contributed by atoms with Crippen molar-refractivity contribution in [2.45, 2.75) is 38.0 Å². The van der Waals surface area contributed by atoms with Gasteiger partial charge in [-0.1, -0.05) is 42.5 Å². The van der Waals surface area contributed by atoms with Crippen LogP contribution < -0.4 is 16.2 Å². The van der Waals surface area contributed by atoms with Crippen LogP contribution in [0.1, 0.15) is 40.9 Å². The molecule has 1 saturated heterocycles. The summed E-state index contributed by atoms with van der Waals surface area (Å²) in [6, 6.07) is 19.1. The molecule has 10 heteroatoms. The molecule has 1 aromatic heterocycles. The van der Waals surface area contributed by atoms with Crippen LogP contribution in [-0.2, 0) is 25.5 Å². The lowest BCUT2D eigenvalue weighted by atomic mass is 10.0. The lowest BCUT2D eigenvalue weighted by molar-refractivity contribution is -0.130. The van der Waals surface area contributed by atoms with Crippen molar-refractivity contribution in [1.82, 2.24) is 21.1 Å². The molecular formula is C28H30N4O5S. The minimum atomic E-state index is -0.914. The van der Waals surface area contributed by atoms with Gasteiger partial charge in [0.2, 0.25) is 5.91 Å². The Bertz CT molecular complexity index is 1320. The van der Waals surface area contributed by atoms with Crippen molar-refractivity contribution in [2.75, 3.05) is 14.1 Å². The number of hydrogen-bond donors (Lipinski definition) is 3. The first-order valence-corrected chi connectivity index (χ1v) is 13.1. The monoisotopic (exact) mass is 534 g/mol. The Balaban J connectivity index is 1.29. The van der Waals surface area contributed by atoms with Crippen LogP contribution in [0.15, 0.2) is 66.0 Å². The summed E-state index contributed by atoms with van der Waals surface area (Å²) in [5.74, 6) is -1.55. The number of hydrazine groups is 1. The molecule has 0 unspecified atom stereocenters. The largest absolute Gasteiger partial charge is 0.349 e. The number of carbonyl (C=O) groups is 4. The molecule has 0 bridgehead atoms. The summed E-state index contributed by atoms with van der Waals surface area (Å²) < 4.78 is 5.10. The average molecular weight is 535 g/mol. The number of thiophene rings is 1. The maximum atomic E-state index is 13.1. The van der Waals surface area contributed by atoms with Gasteiger partial charge < -0.3 is 15.0 Å². The molecule has 38 heavy (non-hydrogen) atoms. The Morgan fingerprint density at radius 1 is 0.974 bits per heavy atom. The zero-order valence-corrected chi connectivity index (χ0v) is 22.2. The molecule has 3 N–H and O–H groups in total. The molecule has 2 heterocycles. The highest BCUT2D eigenvalue weighted by atomic mass is 32.1. The van der Waals surface area contributed by atoms with E-state index in [1.54, 1.807) is 43.6 Å². The second-order valence-electron chi connectivity index (χ2n) is 9.20. The SMILES string of the molecule is C[C@@H](NC(=O)c1ccccc1CCC(=O)NNC(=O)[C@@H]1O[C@H]1C(=O)N(C)C)c1cccc(-c2cccs2)c1. The molecule has 3 atom stereocenters. The number of rotatable bonds is 9. The molecule has 9 nitrogen and oxygen atoms in total. The van der Waals surface area contributed by atoms with Crippen molar-refractivity contribution < 1.29 is 23.9 Å². The maximum absolute atomic E-state index is 13.1. The van der Waals surface area contributed by atoms with Gasteiger partial charge in [0.25, 0.3) is 17.7 Å². The third-order valence-electron chi connectivity index (χ3n) is 6.18. The summed E-state index contributed by atoms with van der Waals surface area (Å²) in [6.07, 6.45) is -1.39. The Morgan fingerprint density at radius 3 is 2.50 bits per heavy atom. The lowest BCUT2D eigenvalue weighted by Gasteiger charge is -2.17. The van der Waals surface area contributed by atoms with Crippen LogP contribution in [0.5, 0.6) is 0 Å². The predicted octanol–water partition coefficient (Wildman–Crippen LogP) is 2.84. The van der Waals surface area contributed by atoms with Crippen LogP contribution in [0.4, 0.5) is 0 Å². The summed E-state index contributed by atoms with van der Waals surface area (Å²) in [5.41, 5.74) is 7.92. The number of ether oxygens (including phenoxy) is 1. The van der Waals surface area contributed by atoms with E-state index in [9.17, 15) is 19.2 Å². The van der Waals surface area contributed by atoms with Crippen molar-refractivity contribution in [2.24, 2.45) is 0 Å². The number of aryl methyl sites for hydroxylation is 1. The molecule has 0 spiro atoms. The summed E-state index contributed by atoms with van der Waals surface area (Å²) in [6.45, 7) is 1.93. The summed E-state index contributed by atoms with van der Waals surface area (Å²) in [5, 5.41) is 5.09. The lowest BCUT2D eigenvalue weighted by Crippen LogP contribution is -2.45. The van der Waals surface area contributed by atoms with Crippen molar-refractivity contribution in [1.29, 1.82) is 0 Å². The van der Waals surface area contributed by atoms with Crippen LogP contribution in [0, 0.1) is 0 Å². The fraction of sp³-hybridized carbons (Fsp3) is 0.286. The zero-order chi connectivity index (χ0) is 27.2. The number of amides is 4. The fourth-order valence-corrected chi connectivity index (χ4v) is 4.71. The van der Waals surface area contributed by atoms with Crippen LogP contribution in [0.2, 0.25) is 0 Å². The Labute approximate surface area is 225 Å². The fourth-order valence-electron chi connectivity index (χ4n) is 3.99. The van der Waals surface area contributed by atoms with E-state index < -0.39 is 24.0 Å². The van der Waals surface area contributed by atoms with E-state index in [1.165, 1.54) is 4.90 Å². The normalized spacial score (nSPS) is 16.7. The number of likely N-dealkylation sites (N-methyl/N-ethyl adjacent to an activating group) is 1. The number of benzene rings is 2. The number of nitrogens with one attached hydrogen (secondary N) is 3. The smallest absolute Gasteiger partial charge is 0.270 e. The van der Waals surface area contributed by atoms with Gasteiger partial charge in [-0.2, -0.15) is 0 Å².